The molecule has 0 unspecified atom stereocenters. The van der Waals surface area contributed by atoms with Gasteiger partial charge in [-0.2, -0.15) is 0 Å². The quantitative estimate of drug-likeness (QED) is 0.333. The maximum Gasteiger partial charge on any atom is 0.00461 e. The molecule has 0 aliphatic heterocycles. The molecule has 0 saturated heterocycles. The van der Waals surface area contributed by atoms with Crippen LogP contribution >= 0.6 is 0 Å². The van der Waals surface area contributed by atoms with E-state index in [1.54, 1.807) is 0 Å². The highest BCUT2D eigenvalue weighted by Crippen LogP contribution is 1.88. The number of hydrogen-bond acceptors (Lipinski definition) is 7. The molecule has 19 heavy (non-hydrogen) atoms. The second kappa shape index (κ2) is 65.1. The van der Waals surface area contributed by atoms with Crippen molar-refractivity contribution in [2.45, 2.75) is 41.5 Å². The highest BCUT2D eigenvalue weighted by atomic mass is 14.6. The van der Waals surface area contributed by atoms with Gasteiger partial charge in [-0.1, -0.05) is 28.7 Å². The molecule has 0 aromatic heterocycles. The lowest BCUT2D eigenvalue weighted by Gasteiger charge is -1.91. The minimum atomic E-state index is 0. The zero-order valence-electron chi connectivity index (χ0n) is 10.5. The van der Waals surface area contributed by atoms with Gasteiger partial charge < -0.3 is 40.6 Å². The summed E-state index contributed by atoms with van der Waals surface area (Å²) in [6.07, 6.45) is 3.43. The van der Waals surface area contributed by atoms with Gasteiger partial charge in [-0.15, -0.1) is 0 Å². The molecule has 15 N–H and O–H groups in total. The first-order valence-corrected chi connectivity index (χ1v) is 5.45. The number of rotatable bonds is 6. The first-order chi connectivity index (χ1) is 7.24. The summed E-state index contributed by atoms with van der Waals surface area (Å²) in [5, 5.41) is 0. The molecule has 0 radical (unpaired) electrons. The Morgan fingerprint density at radius 3 is 0.684 bits per heavy atom. The van der Waals surface area contributed by atoms with Gasteiger partial charge in [0.25, 0.3) is 0 Å². The third-order valence-corrected chi connectivity index (χ3v) is 1.24. The van der Waals surface area contributed by atoms with Crippen LogP contribution in [0.3, 0.4) is 0 Å². The monoisotopic (exact) mass is 287 g/mol. The van der Waals surface area contributed by atoms with Gasteiger partial charge in [0.05, 0.1) is 0 Å². The summed E-state index contributed by atoms with van der Waals surface area (Å²) in [5.74, 6) is 0. The SMILES string of the molecule is C.C.C.N.NCCCCCN.NCCN.NCCN. The Hall–Kier alpha value is -0.280. The Balaban J connectivity index is -0.0000000216. The average Bonchev–Trinajstić information content (AvgIpc) is 2.30. The summed E-state index contributed by atoms with van der Waals surface area (Å²) in [4.78, 5) is 0. The van der Waals surface area contributed by atoms with Crippen molar-refractivity contribution in [3.63, 3.8) is 0 Å². The van der Waals surface area contributed by atoms with Crippen LogP contribution in [0, 0.1) is 0 Å². The fourth-order valence-corrected chi connectivity index (χ4v) is 0.465. The smallest absolute Gasteiger partial charge is 0.00461 e. The summed E-state index contributed by atoms with van der Waals surface area (Å²) in [7, 11) is 0. The highest BCUT2D eigenvalue weighted by molar-refractivity contribution is 4.41. The predicted octanol–water partition coefficient (Wildman–Crippen LogP) is -0.0480. The molecule has 128 valence electrons. The minimum absolute atomic E-state index is 0. The highest BCUT2D eigenvalue weighted by Gasteiger charge is 1.80. The number of unbranched alkanes of at least 4 members (excludes halogenated alkanes) is 2. The van der Waals surface area contributed by atoms with Gasteiger partial charge in [-0.3, -0.25) is 0 Å². The molecule has 0 bridgehead atoms. The molecule has 0 aromatic carbocycles. The van der Waals surface area contributed by atoms with E-state index in [9.17, 15) is 0 Å². The lowest BCUT2D eigenvalue weighted by molar-refractivity contribution is 0.695. The van der Waals surface area contributed by atoms with E-state index in [-0.39, 0.29) is 28.4 Å². The molecule has 0 spiro atoms. The molecule has 0 aromatic rings. The largest absolute Gasteiger partial charge is 0.344 e. The third kappa shape index (κ3) is 134. The minimum Gasteiger partial charge on any atom is -0.344 e. The first kappa shape index (κ1) is 42.8. The van der Waals surface area contributed by atoms with Gasteiger partial charge in [0.15, 0.2) is 0 Å². The second-order valence-electron chi connectivity index (χ2n) is 2.79. The van der Waals surface area contributed by atoms with E-state index in [4.69, 9.17) is 34.4 Å². The maximum atomic E-state index is 5.23. The molecule has 0 aliphatic carbocycles. The van der Waals surface area contributed by atoms with E-state index in [2.05, 4.69) is 0 Å². The van der Waals surface area contributed by atoms with Crippen molar-refractivity contribution in [3.05, 3.63) is 0 Å². The number of nitrogens with two attached hydrogens (primary N) is 6. The third-order valence-electron chi connectivity index (χ3n) is 1.24. The lowest BCUT2D eigenvalue weighted by atomic mass is 10.2. The molecule has 0 saturated carbocycles. The van der Waals surface area contributed by atoms with Crippen molar-refractivity contribution in [3.8, 4) is 0 Å². The Bertz CT molecular complexity index is 63.1. The summed E-state index contributed by atoms with van der Waals surface area (Å²) in [6.45, 7) is 4.00. The van der Waals surface area contributed by atoms with Crippen LogP contribution in [-0.2, 0) is 0 Å². The summed E-state index contributed by atoms with van der Waals surface area (Å²) >= 11 is 0. The molecular formula is C12H45N7. The molecule has 0 fully saturated rings. The fraction of sp³-hybridized carbons (Fsp3) is 1.00. The van der Waals surface area contributed by atoms with Crippen LogP contribution in [0.2, 0.25) is 0 Å². The van der Waals surface area contributed by atoms with Crippen molar-refractivity contribution >= 4 is 0 Å². The number of hydrogen-bond donors (Lipinski definition) is 7. The van der Waals surface area contributed by atoms with Crippen LogP contribution < -0.4 is 40.6 Å². The molecule has 0 aliphatic rings. The van der Waals surface area contributed by atoms with Gasteiger partial charge in [0.2, 0.25) is 0 Å². The Labute approximate surface area is 122 Å². The average molecular weight is 288 g/mol. The first-order valence-electron chi connectivity index (χ1n) is 5.45. The van der Waals surface area contributed by atoms with Crippen LogP contribution in [0.1, 0.15) is 41.5 Å². The van der Waals surface area contributed by atoms with Crippen molar-refractivity contribution in [1.29, 1.82) is 0 Å². The summed E-state index contributed by atoms with van der Waals surface area (Å²) in [5.41, 5.74) is 30.1. The molecule has 0 amide bonds. The predicted molar refractivity (Wildman–Crippen MR) is 93.4 cm³/mol. The van der Waals surface area contributed by atoms with E-state index in [0.717, 1.165) is 25.9 Å². The topological polar surface area (TPSA) is 191 Å². The summed E-state index contributed by atoms with van der Waals surface area (Å²) in [6, 6.07) is 0. The van der Waals surface area contributed by atoms with Gasteiger partial charge in [-0.25, -0.2) is 0 Å². The zero-order valence-corrected chi connectivity index (χ0v) is 10.5. The van der Waals surface area contributed by atoms with E-state index in [0.29, 0.717) is 26.2 Å². The Morgan fingerprint density at radius 2 is 0.579 bits per heavy atom. The van der Waals surface area contributed by atoms with Gasteiger partial charge in [0, 0.05) is 26.2 Å². The van der Waals surface area contributed by atoms with Crippen molar-refractivity contribution < 1.29 is 0 Å². The maximum absolute atomic E-state index is 5.23. The van der Waals surface area contributed by atoms with Crippen LogP contribution in [-0.4, -0.2) is 39.3 Å². The van der Waals surface area contributed by atoms with Crippen molar-refractivity contribution in [1.82, 2.24) is 6.15 Å². The molecule has 0 heterocycles. The van der Waals surface area contributed by atoms with Gasteiger partial charge >= 0.3 is 0 Å². The van der Waals surface area contributed by atoms with E-state index >= 15 is 0 Å². The molecular weight excluding hydrogens is 242 g/mol. The Kier molecular flexibility index (Phi) is 147. The lowest BCUT2D eigenvalue weighted by Crippen LogP contribution is -2.11. The van der Waals surface area contributed by atoms with E-state index in [1.165, 1.54) is 6.42 Å². The van der Waals surface area contributed by atoms with Crippen LogP contribution in [0.5, 0.6) is 0 Å². The molecule has 0 rings (SSSR count). The fourth-order valence-electron chi connectivity index (χ4n) is 0.465. The molecule has 7 nitrogen and oxygen atoms in total. The standard InChI is InChI=1S/C5H14N2.2C2H8N2.3CH4.H3N/c6-4-2-1-3-5-7;2*3-1-2-4;;;;/h1-7H2;2*1-4H2;3*1H4;1H3. The summed E-state index contributed by atoms with van der Waals surface area (Å²) < 4.78 is 0. The normalized spacial score (nSPS) is 6.63. The Morgan fingerprint density at radius 1 is 0.368 bits per heavy atom. The van der Waals surface area contributed by atoms with E-state index < -0.39 is 0 Å². The van der Waals surface area contributed by atoms with Crippen LogP contribution in [0.4, 0.5) is 0 Å². The van der Waals surface area contributed by atoms with Crippen LogP contribution in [0.15, 0.2) is 0 Å². The second-order valence-corrected chi connectivity index (χ2v) is 2.79. The zero-order chi connectivity index (χ0) is 12.4. The van der Waals surface area contributed by atoms with E-state index in [1.807, 2.05) is 0 Å². The van der Waals surface area contributed by atoms with Gasteiger partial charge in [-0.05, 0) is 25.9 Å². The molecule has 7 heteroatoms. The molecule has 0 atom stereocenters. The van der Waals surface area contributed by atoms with Crippen molar-refractivity contribution in [2.75, 3.05) is 39.3 Å². The van der Waals surface area contributed by atoms with Crippen LogP contribution in [0.25, 0.3) is 0 Å². The van der Waals surface area contributed by atoms with Crippen molar-refractivity contribution in [2.24, 2.45) is 34.4 Å². The van der Waals surface area contributed by atoms with Gasteiger partial charge in [0.1, 0.15) is 0 Å².